The van der Waals surface area contributed by atoms with Gasteiger partial charge in [-0.1, -0.05) is 30.9 Å². The summed E-state index contributed by atoms with van der Waals surface area (Å²) < 4.78 is 0. The van der Waals surface area contributed by atoms with E-state index in [1.807, 2.05) is 37.3 Å². The maximum absolute atomic E-state index is 3.79. The van der Waals surface area contributed by atoms with Crippen molar-refractivity contribution in [2.24, 2.45) is 4.99 Å². The lowest BCUT2D eigenvalue weighted by Gasteiger charge is -1.86. The van der Waals surface area contributed by atoms with Gasteiger partial charge in [-0.05, 0) is 25.8 Å². The largest absolute Gasteiger partial charge is 0.265 e. The average Bonchev–Trinajstić information content (AvgIpc) is 2.05. The van der Waals surface area contributed by atoms with Crippen LogP contribution in [0.3, 0.4) is 0 Å². The predicted octanol–water partition coefficient (Wildman–Crippen LogP) is 2.89. The zero-order chi connectivity index (χ0) is 8.53. The smallest absolute Gasteiger partial charge is 0.0622 e. The first-order valence-corrected chi connectivity index (χ1v) is 3.44. The Morgan fingerprint density at radius 1 is 1.36 bits per heavy atom. The summed E-state index contributed by atoms with van der Waals surface area (Å²) in [5, 5.41) is 0. The van der Waals surface area contributed by atoms with Gasteiger partial charge in [0.15, 0.2) is 0 Å². The molecule has 11 heavy (non-hydrogen) atoms. The summed E-state index contributed by atoms with van der Waals surface area (Å²) >= 11 is 0. The fourth-order valence-electron chi connectivity index (χ4n) is 0.522. The fourth-order valence-corrected chi connectivity index (χ4v) is 0.522. The van der Waals surface area contributed by atoms with Crippen LogP contribution in [0.5, 0.6) is 0 Å². The number of hydrogen-bond acceptors (Lipinski definition) is 1. The molecule has 0 aromatic rings. The van der Waals surface area contributed by atoms with E-state index in [0.717, 1.165) is 5.70 Å². The second-order valence-electron chi connectivity index (χ2n) is 1.87. The maximum Gasteiger partial charge on any atom is 0.0622 e. The molecule has 0 aromatic carbocycles. The molecule has 0 aromatic heterocycles. The Hall–Kier alpha value is -1.37. The van der Waals surface area contributed by atoms with E-state index in [1.54, 1.807) is 6.08 Å². The summed E-state index contributed by atoms with van der Waals surface area (Å²) in [6, 6.07) is 0. The highest BCUT2D eigenvalue weighted by Crippen LogP contribution is 1.97. The SMILES string of the molecule is C=C\C=C/C(=C\C=C/C)N=C. The van der Waals surface area contributed by atoms with Crippen molar-refractivity contribution in [2.75, 3.05) is 0 Å². The van der Waals surface area contributed by atoms with Gasteiger partial charge in [0, 0.05) is 0 Å². The van der Waals surface area contributed by atoms with E-state index >= 15 is 0 Å². The molecule has 0 radical (unpaired) electrons. The molecule has 0 fully saturated rings. The van der Waals surface area contributed by atoms with E-state index in [2.05, 4.69) is 18.3 Å². The number of allylic oxidation sites excluding steroid dienone is 6. The van der Waals surface area contributed by atoms with Gasteiger partial charge in [-0.3, -0.25) is 4.99 Å². The van der Waals surface area contributed by atoms with Gasteiger partial charge in [-0.25, -0.2) is 0 Å². The monoisotopic (exact) mass is 147 g/mol. The van der Waals surface area contributed by atoms with Crippen LogP contribution in [0.2, 0.25) is 0 Å². The highest BCUT2D eigenvalue weighted by atomic mass is 14.7. The van der Waals surface area contributed by atoms with Crippen molar-refractivity contribution in [3.05, 3.63) is 48.7 Å². The molecule has 0 unspecified atom stereocenters. The van der Waals surface area contributed by atoms with E-state index < -0.39 is 0 Å². The summed E-state index contributed by atoms with van der Waals surface area (Å²) in [7, 11) is 0. The van der Waals surface area contributed by atoms with Crippen LogP contribution in [0.4, 0.5) is 0 Å². The molecule has 0 amide bonds. The van der Waals surface area contributed by atoms with E-state index in [0.29, 0.717) is 0 Å². The van der Waals surface area contributed by atoms with Crippen LogP contribution in [-0.4, -0.2) is 6.72 Å². The van der Waals surface area contributed by atoms with Crippen LogP contribution in [0, 0.1) is 0 Å². The predicted molar refractivity (Wildman–Crippen MR) is 51.8 cm³/mol. The van der Waals surface area contributed by atoms with Crippen LogP contribution < -0.4 is 0 Å². The van der Waals surface area contributed by atoms with Crippen molar-refractivity contribution in [1.82, 2.24) is 0 Å². The average molecular weight is 147 g/mol. The molecule has 1 nitrogen and oxygen atoms in total. The van der Waals surface area contributed by atoms with Crippen molar-refractivity contribution in [3.63, 3.8) is 0 Å². The van der Waals surface area contributed by atoms with Crippen LogP contribution in [0.1, 0.15) is 6.92 Å². The second kappa shape index (κ2) is 6.75. The third-order valence-corrected chi connectivity index (χ3v) is 1.05. The highest BCUT2D eigenvalue weighted by molar-refractivity contribution is 5.35. The Morgan fingerprint density at radius 3 is 2.55 bits per heavy atom. The highest BCUT2D eigenvalue weighted by Gasteiger charge is 1.79. The minimum absolute atomic E-state index is 0.836. The van der Waals surface area contributed by atoms with E-state index in [4.69, 9.17) is 0 Å². The molecule has 1 heteroatoms. The maximum atomic E-state index is 3.79. The molecule has 0 atom stereocenters. The van der Waals surface area contributed by atoms with Gasteiger partial charge in [0.1, 0.15) is 0 Å². The van der Waals surface area contributed by atoms with Crippen LogP contribution in [0.25, 0.3) is 0 Å². The quantitative estimate of drug-likeness (QED) is 0.428. The topological polar surface area (TPSA) is 12.4 Å². The molecule has 0 aliphatic heterocycles. The first-order chi connectivity index (χ1) is 5.35. The number of nitrogens with zero attached hydrogens (tertiary/aromatic N) is 1. The van der Waals surface area contributed by atoms with E-state index in [-0.39, 0.29) is 0 Å². The van der Waals surface area contributed by atoms with Crippen LogP contribution >= 0.6 is 0 Å². The molecule has 0 aliphatic rings. The summed E-state index contributed by atoms with van der Waals surface area (Å²) in [5.41, 5.74) is 0.836. The molecule has 0 N–H and O–H groups in total. The molecular formula is C10H13N. The lowest BCUT2D eigenvalue weighted by molar-refractivity contribution is 1.43. The minimum Gasteiger partial charge on any atom is -0.265 e. The summed E-state index contributed by atoms with van der Waals surface area (Å²) in [5.74, 6) is 0. The minimum atomic E-state index is 0.836. The molecule has 0 heterocycles. The zero-order valence-corrected chi connectivity index (χ0v) is 6.83. The molecule has 0 rings (SSSR count). The molecule has 0 bridgehead atoms. The van der Waals surface area contributed by atoms with Crippen molar-refractivity contribution in [2.45, 2.75) is 6.92 Å². The summed E-state index contributed by atoms with van der Waals surface area (Å²) in [6.07, 6.45) is 11.1. The lowest BCUT2D eigenvalue weighted by atomic mass is 10.3. The third kappa shape index (κ3) is 5.09. The zero-order valence-electron chi connectivity index (χ0n) is 6.83. The van der Waals surface area contributed by atoms with Gasteiger partial charge in [0.25, 0.3) is 0 Å². The van der Waals surface area contributed by atoms with Crippen molar-refractivity contribution >= 4 is 6.72 Å². The molecule has 58 valence electrons. The third-order valence-electron chi connectivity index (χ3n) is 1.05. The van der Waals surface area contributed by atoms with Gasteiger partial charge in [-0.15, -0.1) is 0 Å². The van der Waals surface area contributed by atoms with E-state index in [1.165, 1.54) is 0 Å². The Kier molecular flexibility index (Phi) is 5.91. The first-order valence-electron chi connectivity index (χ1n) is 3.44. The Morgan fingerprint density at radius 2 is 2.09 bits per heavy atom. The fraction of sp³-hybridized carbons (Fsp3) is 0.100. The lowest BCUT2D eigenvalue weighted by Crippen LogP contribution is -1.67. The Balaban J connectivity index is 4.26. The second-order valence-corrected chi connectivity index (χ2v) is 1.87. The number of hydrogen-bond donors (Lipinski definition) is 0. The van der Waals surface area contributed by atoms with Crippen molar-refractivity contribution in [1.29, 1.82) is 0 Å². The number of aliphatic imine (C=N–C) groups is 1. The van der Waals surface area contributed by atoms with Gasteiger partial charge < -0.3 is 0 Å². The summed E-state index contributed by atoms with van der Waals surface area (Å²) in [4.78, 5) is 3.79. The van der Waals surface area contributed by atoms with Crippen molar-refractivity contribution < 1.29 is 0 Å². The molecule has 0 aliphatic carbocycles. The van der Waals surface area contributed by atoms with Gasteiger partial charge >= 0.3 is 0 Å². The van der Waals surface area contributed by atoms with Gasteiger partial charge in [0.05, 0.1) is 5.70 Å². The standard InChI is InChI=1S/C10H13N/c1-4-6-8-10(11-3)9-7-5-2/h4-9H,1,3H2,2H3/b7-5-,8-6-,10-9+. The van der Waals surface area contributed by atoms with Crippen LogP contribution in [-0.2, 0) is 0 Å². The molecule has 0 saturated heterocycles. The normalized spacial score (nSPS) is 12.6. The molecule has 0 saturated carbocycles. The molecule has 0 spiro atoms. The Bertz CT molecular complexity index is 207. The van der Waals surface area contributed by atoms with Crippen molar-refractivity contribution in [3.8, 4) is 0 Å². The van der Waals surface area contributed by atoms with Gasteiger partial charge in [-0.2, -0.15) is 0 Å². The van der Waals surface area contributed by atoms with Gasteiger partial charge in [0.2, 0.25) is 0 Å². The summed E-state index contributed by atoms with van der Waals surface area (Å²) in [6.45, 7) is 8.94. The number of rotatable bonds is 4. The van der Waals surface area contributed by atoms with Crippen LogP contribution in [0.15, 0.2) is 53.7 Å². The Labute approximate surface area is 68.2 Å². The van der Waals surface area contributed by atoms with E-state index in [9.17, 15) is 0 Å². The molecular weight excluding hydrogens is 134 g/mol. The first kappa shape index (κ1) is 9.63.